The normalized spacial score (nSPS) is 10.3. The van der Waals surface area contributed by atoms with Gasteiger partial charge in [0.1, 0.15) is 11.5 Å². The highest BCUT2D eigenvalue weighted by molar-refractivity contribution is 9.10. The Morgan fingerprint density at radius 3 is 2.65 bits per heavy atom. The van der Waals surface area contributed by atoms with Crippen molar-refractivity contribution in [2.45, 2.75) is 13.5 Å². The highest BCUT2D eigenvalue weighted by Crippen LogP contribution is 2.30. The molecule has 0 bridgehead atoms. The molecule has 0 aliphatic rings. The van der Waals surface area contributed by atoms with Crippen LogP contribution < -0.4 is 4.74 Å². The van der Waals surface area contributed by atoms with Gasteiger partial charge in [-0.25, -0.2) is 0 Å². The van der Waals surface area contributed by atoms with E-state index in [1.807, 2.05) is 49.4 Å². The van der Waals surface area contributed by atoms with Gasteiger partial charge in [-0.3, -0.25) is 0 Å². The van der Waals surface area contributed by atoms with Crippen molar-refractivity contribution in [3.05, 3.63) is 58.1 Å². The van der Waals surface area contributed by atoms with E-state index in [-0.39, 0.29) is 6.61 Å². The monoisotopic (exact) mass is 292 g/mol. The molecule has 17 heavy (non-hydrogen) atoms. The lowest BCUT2D eigenvalue weighted by Gasteiger charge is -2.11. The van der Waals surface area contributed by atoms with Gasteiger partial charge in [0, 0.05) is 10.0 Å². The lowest BCUT2D eigenvalue weighted by atomic mass is 10.2. The predicted molar refractivity (Wildman–Crippen MR) is 71.3 cm³/mol. The standard InChI is InChI=1S/C14H13BrO2/c1-10-6-7-12(15)8-14(10)17-13-5-3-2-4-11(13)9-16/h2-8,16H,9H2,1H3. The van der Waals surface area contributed by atoms with Crippen LogP contribution in [-0.4, -0.2) is 5.11 Å². The van der Waals surface area contributed by atoms with Gasteiger partial charge in [-0.1, -0.05) is 40.2 Å². The molecule has 0 unspecified atom stereocenters. The second kappa shape index (κ2) is 5.34. The Morgan fingerprint density at radius 2 is 1.88 bits per heavy atom. The molecular weight excluding hydrogens is 280 g/mol. The van der Waals surface area contributed by atoms with Crippen LogP contribution in [0.2, 0.25) is 0 Å². The minimum Gasteiger partial charge on any atom is -0.457 e. The first kappa shape index (κ1) is 12.1. The summed E-state index contributed by atoms with van der Waals surface area (Å²) >= 11 is 3.42. The van der Waals surface area contributed by atoms with Gasteiger partial charge in [0.2, 0.25) is 0 Å². The van der Waals surface area contributed by atoms with Gasteiger partial charge < -0.3 is 9.84 Å². The average Bonchev–Trinajstić information content (AvgIpc) is 2.34. The number of aliphatic hydroxyl groups is 1. The number of aliphatic hydroxyl groups excluding tert-OH is 1. The van der Waals surface area contributed by atoms with Crippen molar-refractivity contribution in [3.8, 4) is 11.5 Å². The Labute approximate surface area is 109 Å². The molecule has 0 aromatic heterocycles. The maximum atomic E-state index is 9.23. The number of hydrogen-bond acceptors (Lipinski definition) is 2. The molecular formula is C14H13BrO2. The van der Waals surface area contributed by atoms with E-state index in [0.717, 1.165) is 21.3 Å². The van der Waals surface area contributed by atoms with Crippen molar-refractivity contribution in [2.24, 2.45) is 0 Å². The lowest BCUT2D eigenvalue weighted by Crippen LogP contribution is -1.92. The lowest BCUT2D eigenvalue weighted by molar-refractivity contribution is 0.276. The van der Waals surface area contributed by atoms with Crippen molar-refractivity contribution in [3.63, 3.8) is 0 Å². The largest absolute Gasteiger partial charge is 0.457 e. The van der Waals surface area contributed by atoms with Gasteiger partial charge >= 0.3 is 0 Å². The molecule has 2 nitrogen and oxygen atoms in total. The molecule has 0 amide bonds. The fourth-order valence-corrected chi connectivity index (χ4v) is 1.88. The summed E-state index contributed by atoms with van der Waals surface area (Å²) in [5.74, 6) is 1.48. The quantitative estimate of drug-likeness (QED) is 0.925. The van der Waals surface area contributed by atoms with Crippen LogP contribution in [0, 0.1) is 6.92 Å². The third-order valence-electron chi connectivity index (χ3n) is 2.51. The van der Waals surface area contributed by atoms with Gasteiger partial charge in [0.25, 0.3) is 0 Å². The minimum absolute atomic E-state index is 0.0246. The molecule has 2 aromatic carbocycles. The van der Waals surface area contributed by atoms with Crippen LogP contribution in [0.15, 0.2) is 46.9 Å². The summed E-state index contributed by atoms with van der Waals surface area (Å²) in [7, 11) is 0. The number of rotatable bonds is 3. The Bertz CT molecular complexity index is 523. The molecule has 3 heteroatoms. The molecule has 88 valence electrons. The number of hydrogen-bond donors (Lipinski definition) is 1. The molecule has 0 fully saturated rings. The fraction of sp³-hybridized carbons (Fsp3) is 0.143. The Hall–Kier alpha value is -1.32. The van der Waals surface area contributed by atoms with E-state index in [9.17, 15) is 5.11 Å². The van der Waals surface area contributed by atoms with E-state index < -0.39 is 0 Å². The van der Waals surface area contributed by atoms with Crippen LogP contribution in [-0.2, 0) is 6.61 Å². The molecule has 2 aromatic rings. The van der Waals surface area contributed by atoms with Crippen molar-refractivity contribution in [2.75, 3.05) is 0 Å². The first-order chi connectivity index (χ1) is 8.20. The first-order valence-electron chi connectivity index (χ1n) is 5.33. The van der Waals surface area contributed by atoms with Crippen LogP contribution in [0.5, 0.6) is 11.5 Å². The summed E-state index contributed by atoms with van der Waals surface area (Å²) in [5.41, 5.74) is 1.84. The smallest absolute Gasteiger partial charge is 0.132 e. The number of benzene rings is 2. The second-order valence-electron chi connectivity index (χ2n) is 3.78. The van der Waals surface area contributed by atoms with Crippen molar-refractivity contribution < 1.29 is 9.84 Å². The summed E-state index contributed by atoms with van der Waals surface area (Å²) in [4.78, 5) is 0. The van der Waals surface area contributed by atoms with Gasteiger partial charge in [-0.2, -0.15) is 0 Å². The molecule has 0 aliphatic carbocycles. The molecule has 0 saturated carbocycles. The molecule has 0 heterocycles. The topological polar surface area (TPSA) is 29.5 Å². The third-order valence-corrected chi connectivity index (χ3v) is 3.01. The molecule has 1 N–H and O–H groups in total. The van der Waals surface area contributed by atoms with Crippen LogP contribution in [0.4, 0.5) is 0 Å². The molecule has 0 saturated heterocycles. The highest BCUT2D eigenvalue weighted by atomic mass is 79.9. The third kappa shape index (κ3) is 2.87. The van der Waals surface area contributed by atoms with Crippen LogP contribution in [0.25, 0.3) is 0 Å². The zero-order valence-corrected chi connectivity index (χ0v) is 11.1. The number of para-hydroxylation sites is 1. The molecule has 0 aliphatic heterocycles. The van der Waals surface area contributed by atoms with Crippen LogP contribution >= 0.6 is 15.9 Å². The minimum atomic E-state index is -0.0246. The zero-order chi connectivity index (χ0) is 12.3. The summed E-state index contributed by atoms with van der Waals surface area (Å²) in [5, 5.41) is 9.23. The number of ether oxygens (including phenoxy) is 1. The van der Waals surface area contributed by atoms with Crippen LogP contribution in [0.3, 0.4) is 0 Å². The zero-order valence-electron chi connectivity index (χ0n) is 9.48. The Kier molecular flexibility index (Phi) is 3.82. The number of aryl methyl sites for hydroxylation is 1. The maximum absolute atomic E-state index is 9.23. The van der Waals surface area contributed by atoms with E-state index >= 15 is 0 Å². The predicted octanol–water partition coefficient (Wildman–Crippen LogP) is 4.04. The second-order valence-corrected chi connectivity index (χ2v) is 4.69. The highest BCUT2D eigenvalue weighted by Gasteiger charge is 2.05. The number of halogens is 1. The van der Waals surface area contributed by atoms with Crippen molar-refractivity contribution in [1.82, 2.24) is 0 Å². The SMILES string of the molecule is Cc1ccc(Br)cc1Oc1ccccc1CO. The summed E-state index contributed by atoms with van der Waals surface area (Å²) in [6.07, 6.45) is 0. The van der Waals surface area contributed by atoms with Crippen molar-refractivity contribution >= 4 is 15.9 Å². The molecule has 2 rings (SSSR count). The van der Waals surface area contributed by atoms with Gasteiger partial charge in [0.15, 0.2) is 0 Å². The van der Waals surface area contributed by atoms with E-state index in [0.29, 0.717) is 5.75 Å². The Balaban J connectivity index is 2.34. The molecule has 0 atom stereocenters. The molecule has 0 radical (unpaired) electrons. The maximum Gasteiger partial charge on any atom is 0.132 e. The van der Waals surface area contributed by atoms with Gasteiger partial charge in [-0.15, -0.1) is 0 Å². The van der Waals surface area contributed by atoms with Crippen LogP contribution in [0.1, 0.15) is 11.1 Å². The summed E-state index contributed by atoms with van der Waals surface area (Å²) in [6, 6.07) is 13.4. The molecule has 0 spiro atoms. The van der Waals surface area contributed by atoms with E-state index in [4.69, 9.17) is 4.74 Å². The van der Waals surface area contributed by atoms with Gasteiger partial charge in [0.05, 0.1) is 6.61 Å². The van der Waals surface area contributed by atoms with E-state index in [1.54, 1.807) is 0 Å². The average molecular weight is 293 g/mol. The summed E-state index contributed by atoms with van der Waals surface area (Å²) in [6.45, 7) is 1.96. The fourth-order valence-electron chi connectivity index (χ4n) is 1.54. The van der Waals surface area contributed by atoms with Gasteiger partial charge in [-0.05, 0) is 30.7 Å². The summed E-state index contributed by atoms with van der Waals surface area (Å²) < 4.78 is 6.79. The Morgan fingerprint density at radius 1 is 1.12 bits per heavy atom. The van der Waals surface area contributed by atoms with E-state index in [2.05, 4.69) is 15.9 Å². The van der Waals surface area contributed by atoms with E-state index in [1.165, 1.54) is 0 Å². The first-order valence-corrected chi connectivity index (χ1v) is 6.13. The van der Waals surface area contributed by atoms with Crippen molar-refractivity contribution in [1.29, 1.82) is 0 Å².